The number of hydrogen-bond donors (Lipinski definition) is 1. The third-order valence-corrected chi connectivity index (χ3v) is 4.90. The molecule has 2 amide bonds. The maximum absolute atomic E-state index is 14.0. The highest BCUT2D eigenvalue weighted by molar-refractivity contribution is 5.88. The molecule has 0 aliphatic heterocycles. The van der Waals surface area contributed by atoms with Gasteiger partial charge in [0.25, 0.3) is 0 Å². The molecule has 0 radical (unpaired) electrons. The minimum atomic E-state index is -0.659. The third-order valence-electron chi connectivity index (χ3n) is 4.90. The quantitative estimate of drug-likeness (QED) is 0.748. The van der Waals surface area contributed by atoms with Crippen molar-refractivity contribution in [1.29, 1.82) is 0 Å². The first-order valence-corrected chi connectivity index (χ1v) is 9.70. The second-order valence-corrected chi connectivity index (χ2v) is 7.27. The van der Waals surface area contributed by atoms with Crippen molar-refractivity contribution in [3.8, 4) is 0 Å². The molecule has 0 spiro atoms. The number of carbonyl (C=O) groups is 2. The molecule has 1 N–H and O–H groups in total. The lowest BCUT2D eigenvalue weighted by atomic mass is 10.1. The van der Waals surface area contributed by atoms with Crippen LogP contribution in [0.25, 0.3) is 0 Å². The van der Waals surface area contributed by atoms with Gasteiger partial charge in [-0.25, -0.2) is 4.39 Å². The molecule has 2 aromatic rings. The number of benzene rings is 2. The summed E-state index contributed by atoms with van der Waals surface area (Å²) in [4.78, 5) is 27.2. The number of nitrogens with one attached hydrogen (secondary N) is 1. The highest BCUT2D eigenvalue weighted by atomic mass is 19.1. The summed E-state index contributed by atoms with van der Waals surface area (Å²) in [5.74, 6) is -0.898. The van der Waals surface area contributed by atoms with Crippen molar-refractivity contribution in [2.45, 2.75) is 59.2 Å². The van der Waals surface area contributed by atoms with Gasteiger partial charge in [0.1, 0.15) is 11.9 Å². The molecule has 4 nitrogen and oxygen atoms in total. The van der Waals surface area contributed by atoms with Crippen molar-refractivity contribution < 1.29 is 14.0 Å². The van der Waals surface area contributed by atoms with Crippen LogP contribution >= 0.6 is 0 Å². The molecule has 2 aromatic carbocycles. The first kappa shape index (κ1) is 21.6. The van der Waals surface area contributed by atoms with Crippen LogP contribution in [0.5, 0.6) is 0 Å². The number of amides is 2. The van der Waals surface area contributed by atoms with E-state index in [1.165, 1.54) is 11.0 Å². The number of carbonyl (C=O) groups excluding carboxylic acids is 2. The fourth-order valence-corrected chi connectivity index (χ4v) is 2.96. The molecule has 0 unspecified atom stereocenters. The molecular formula is C23H29FN2O2. The van der Waals surface area contributed by atoms with Crippen LogP contribution < -0.4 is 5.32 Å². The molecule has 0 bridgehead atoms. The van der Waals surface area contributed by atoms with E-state index in [9.17, 15) is 14.0 Å². The molecule has 0 saturated carbocycles. The van der Waals surface area contributed by atoms with E-state index < -0.39 is 11.9 Å². The number of rotatable bonds is 8. The average molecular weight is 384 g/mol. The van der Waals surface area contributed by atoms with E-state index >= 15 is 0 Å². The predicted molar refractivity (Wildman–Crippen MR) is 109 cm³/mol. The summed E-state index contributed by atoms with van der Waals surface area (Å²) in [6.07, 6.45) is 0.721. The Morgan fingerprint density at radius 2 is 1.82 bits per heavy atom. The monoisotopic (exact) mass is 384 g/mol. The zero-order chi connectivity index (χ0) is 20.7. The van der Waals surface area contributed by atoms with Gasteiger partial charge in [0.15, 0.2) is 0 Å². The lowest BCUT2D eigenvalue weighted by Crippen LogP contribution is -2.50. The van der Waals surface area contributed by atoms with Gasteiger partial charge in [0, 0.05) is 12.6 Å². The second-order valence-electron chi connectivity index (χ2n) is 7.27. The second kappa shape index (κ2) is 10.0. The van der Waals surface area contributed by atoms with Gasteiger partial charge >= 0.3 is 0 Å². The first-order chi connectivity index (χ1) is 13.3. The average Bonchev–Trinajstić information content (AvgIpc) is 2.67. The first-order valence-electron chi connectivity index (χ1n) is 9.70. The maximum atomic E-state index is 14.0. The summed E-state index contributed by atoms with van der Waals surface area (Å²) in [5, 5.41) is 2.93. The summed E-state index contributed by atoms with van der Waals surface area (Å²) in [6.45, 7) is 7.91. The Morgan fingerprint density at radius 1 is 1.11 bits per heavy atom. The van der Waals surface area contributed by atoms with E-state index in [4.69, 9.17) is 0 Å². The Labute approximate surface area is 166 Å². The summed E-state index contributed by atoms with van der Waals surface area (Å²) < 4.78 is 14.0. The fourth-order valence-electron chi connectivity index (χ4n) is 2.96. The standard InChI is InChI=1S/C23H29FN2O2/c1-5-17(3)25-23(28)18(4)26(15-19-10-8-9-16(2)13-19)22(27)14-20-11-6-7-12-21(20)24/h6-13,17-18H,5,14-15H2,1-4H3,(H,25,28)/t17-,18-/m1/s1. The normalized spacial score (nSPS) is 12.9. The molecule has 0 aliphatic carbocycles. The molecule has 28 heavy (non-hydrogen) atoms. The van der Waals surface area contributed by atoms with Gasteiger partial charge in [-0.3, -0.25) is 9.59 Å². The molecule has 0 aromatic heterocycles. The number of aryl methyl sites for hydroxylation is 1. The lowest BCUT2D eigenvalue weighted by Gasteiger charge is -2.30. The molecule has 0 aliphatic rings. The summed E-state index contributed by atoms with van der Waals surface area (Å²) in [5.41, 5.74) is 2.34. The van der Waals surface area contributed by atoms with E-state index in [-0.39, 0.29) is 24.3 Å². The Kier molecular flexibility index (Phi) is 7.73. The van der Waals surface area contributed by atoms with Gasteiger partial charge in [-0.05, 0) is 44.4 Å². The molecule has 0 saturated heterocycles. The van der Waals surface area contributed by atoms with Gasteiger partial charge < -0.3 is 10.2 Å². The van der Waals surface area contributed by atoms with Crippen molar-refractivity contribution >= 4 is 11.8 Å². The van der Waals surface area contributed by atoms with E-state index in [2.05, 4.69) is 5.32 Å². The fraction of sp³-hybridized carbons (Fsp3) is 0.391. The van der Waals surface area contributed by atoms with Crippen molar-refractivity contribution in [2.24, 2.45) is 0 Å². The highest BCUT2D eigenvalue weighted by Gasteiger charge is 2.27. The highest BCUT2D eigenvalue weighted by Crippen LogP contribution is 2.15. The number of halogens is 1. The molecule has 5 heteroatoms. The molecule has 0 heterocycles. The van der Waals surface area contributed by atoms with E-state index in [1.807, 2.05) is 45.0 Å². The molecule has 2 atom stereocenters. The van der Waals surface area contributed by atoms with Gasteiger partial charge in [0.2, 0.25) is 11.8 Å². The van der Waals surface area contributed by atoms with Crippen molar-refractivity contribution in [2.75, 3.05) is 0 Å². The van der Waals surface area contributed by atoms with Crippen molar-refractivity contribution in [1.82, 2.24) is 10.2 Å². The maximum Gasteiger partial charge on any atom is 0.242 e. The summed E-state index contributed by atoms with van der Waals surface area (Å²) >= 11 is 0. The minimum absolute atomic E-state index is 0.0254. The third kappa shape index (κ3) is 5.91. The van der Waals surface area contributed by atoms with Crippen LogP contribution in [0, 0.1) is 12.7 Å². The Bertz CT molecular complexity index is 822. The van der Waals surface area contributed by atoms with E-state index in [1.54, 1.807) is 25.1 Å². The van der Waals surface area contributed by atoms with Crippen LogP contribution in [0.1, 0.15) is 43.9 Å². The van der Waals surface area contributed by atoms with Gasteiger partial charge in [-0.1, -0.05) is 55.0 Å². The lowest BCUT2D eigenvalue weighted by molar-refractivity contribution is -0.140. The van der Waals surface area contributed by atoms with Crippen molar-refractivity contribution in [3.05, 3.63) is 71.0 Å². The Hall–Kier alpha value is -2.69. The smallest absolute Gasteiger partial charge is 0.242 e. The van der Waals surface area contributed by atoms with Gasteiger partial charge in [-0.2, -0.15) is 0 Å². The predicted octanol–water partition coefficient (Wildman–Crippen LogP) is 4.01. The van der Waals surface area contributed by atoms with Crippen LogP contribution in [0.4, 0.5) is 4.39 Å². The van der Waals surface area contributed by atoms with Crippen LogP contribution in [0.15, 0.2) is 48.5 Å². The molecule has 150 valence electrons. The van der Waals surface area contributed by atoms with Crippen LogP contribution in [-0.4, -0.2) is 28.8 Å². The van der Waals surface area contributed by atoms with E-state index in [0.717, 1.165) is 17.5 Å². The van der Waals surface area contributed by atoms with Crippen molar-refractivity contribution in [3.63, 3.8) is 0 Å². The SMILES string of the molecule is CC[C@@H](C)NC(=O)[C@@H](C)N(Cc1cccc(C)c1)C(=O)Cc1ccccc1F. The van der Waals surface area contributed by atoms with Gasteiger partial charge in [-0.15, -0.1) is 0 Å². The molecule has 0 fully saturated rings. The summed E-state index contributed by atoms with van der Waals surface area (Å²) in [7, 11) is 0. The van der Waals surface area contributed by atoms with Crippen LogP contribution in [-0.2, 0) is 22.6 Å². The van der Waals surface area contributed by atoms with Crippen LogP contribution in [0.3, 0.4) is 0 Å². The Balaban J connectivity index is 2.25. The van der Waals surface area contributed by atoms with Gasteiger partial charge in [0.05, 0.1) is 6.42 Å². The molecular weight excluding hydrogens is 355 g/mol. The Morgan fingerprint density at radius 3 is 2.46 bits per heavy atom. The zero-order valence-electron chi connectivity index (χ0n) is 17.0. The zero-order valence-corrected chi connectivity index (χ0v) is 17.0. The van der Waals surface area contributed by atoms with Crippen LogP contribution in [0.2, 0.25) is 0 Å². The van der Waals surface area contributed by atoms with E-state index in [0.29, 0.717) is 12.1 Å². The number of nitrogens with zero attached hydrogens (tertiary/aromatic N) is 1. The molecule has 2 rings (SSSR count). The topological polar surface area (TPSA) is 49.4 Å². The largest absolute Gasteiger partial charge is 0.352 e. The summed E-state index contributed by atoms with van der Waals surface area (Å²) in [6, 6.07) is 13.4. The minimum Gasteiger partial charge on any atom is -0.352 e. The number of hydrogen-bond acceptors (Lipinski definition) is 2.